The zero-order valence-electron chi connectivity index (χ0n) is 15.9. The maximum Gasteiger partial charge on any atom is 0.432 e. The Hall–Kier alpha value is -3.31. The van der Waals surface area contributed by atoms with Crippen LogP contribution in [0.4, 0.5) is 32.3 Å². The van der Waals surface area contributed by atoms with Gasteiger partial charge in [-0.2, -0.15) is 26.3 Å². The number of hydrogen-bond acceptors (Lipinski definition) is 5. The molecular formula is C19H17F6N5O. The third-order valence-corrected chi connectivity index (χ3v) is 4.88. The first kappa shape index (κ1) is 22.4. The van der Waals surface area contributed by atoms with E-state index in [2.05, 4.69) is 21.9 Å². The fourth-order valence-electron chi connectivity index (χ4n) is 3.01. The third kappa shape index (κ3) is 5.06. The lowest BCUT2D eigenvalue weighted by Gasteiger charge is -2.43. The topological polar surface area (TPSA) is 78.9 Å². The molecule has 12 heteroatoms. The van der Waals surface area contributed by atoms with Gasteiger partial charge in [0.15, 0.2) is 0 Å². The second kappa shape index (κ2) is 8.08. The molecule has 6 nitrogen and oxygen atoms in total. The number of carbonyl (C=O) groups excluding carboxylic acids is 1. The molecule has 1 saturated carbocycles. The summed E-state index contributed by atoms with van der Waals surface area (Å²) in [6, 6.07) is 4.98. The number of hydrogen-bond donors (Lipinski definition) is 3. The Labute approximate surface area is 172 Å². The fourth-order valence-corrected chi connectivity index (χ4v) is 3.01. The predicted molar refractivity (Wildman–Crippen MR) is 98.4 cm³/mol. The lowest BCUT2D eigenvalue weighted by molar-refractivity contribution is -0.137. The first-order chi connectivity index (χ1) is 14.4. The molecule has 166 valence electrons. The Balaban J connectivity index is 1.70. The molecule has 1 heterocycles. The summed E-state index contributed by atoms with van der Waals surface area (Å²) in [6.45, 7) is 2.75. The molecule has 0 atom stereocenters. The summed E-state index contributed by atoms with van der Waals surface area (Å²) in [4.78, 5) is 19.8. The lowest BCUT2D eigenvalue weighted by Crippen LogP contribution is -2.43. The van der Waals surface area contributed by atoms with Crippen molar-refractivity contribution >= 4 is 11.9 Å². The van der Waals surface area contributed by atoms with E-state index in [1.807, 2.05) is 5.43 Å². The average molecular weight is 445 g/mol. The minimum absolute atomic E-state index is 0.0707. The van der Waals surface area contributed by atoms with Gasteiger partial charge in [0, 0.05) is 12.4 Å². The van der Waals surface area contributed by atoms with Gasteiger partial charge in [0.05, 0.1) is 16.7 Å². The molecule has 2 aromatic rings. The maximum atomic E-state index is 13.0. The van der Waals surface area contributed by atoms with Crippen LogP contribution < -0.4 is 16.2 Å². The summed E-state index contributed by atoms with van der Waals surface area (Å²) >= 11 is 0. The number of rotatable bonds is 6. The molecule has 31 heavy (non-hydrogen) atoms. The zero-order chi connectivity index (χ0) is 22.9. The number of halogens is 6. The highest BCUT2D eigenvalue weighted by Gasteiger charge is 2.41. The number of nitrogens with one attached hydrogen (secondary N) is 3. The van der Waals surface area contributed by atoms with Gasteiger partial charge < -0.3 is 5.32 Å². The van der Waals surface area contributed by atoms with Crippen LogP contribution in [0.15, 0.2) is 48.9 Å². The van der Waals surface area contributed by atoms with E-state index in [0.29, 0.717) is 18.4 Å². The van der Waals surface area contributed by atoms with Crippen molar-refractivity contribution in [3.63, 3.8) is 0 Å². The number of aromatic nitrogens is 2. The van der Waals surface area contributed by atoms with Gasteiger partial charge in [-0.1, -0.05) is 18.7 Å². The molecule has 0 saturated heterocycles. The third-order valence-electron chi connectivity index (χ3n) is 4.88. The van der Waals surface area contributed by atoms with Gasteiger partial charge in [-0.15, -0.1) is 0 Å². The number of anilines is 1. The second-order valence-corrected chi connectivity index (χ2v) is 6.99. The Morgan fingerprint density at radius 2 is 1.68 bits per heavy atom. The molecule has 1 aliphatic carbocycles. The van der Waals surface area contributed by atoms with Gasteiger partial charge in [-0.25, -0.2) is 9.97 Å². The minimum Gasteiger partial charge on any atom is -0.345 e. The summed E-state index contributed by atoms with van der Waals surface area (Å²) in [7, 11) is 0. The number of nitrogens with zero attached hydrogens (tertiary/aromatic N) is 2. The van der Waals surface area contributed by atoms with Crippen LogP contribution in [0.5, 0.6) is 0 Å². The highest BCUT2D eigenvalue weighted by atomic mass is 19.4. The van der Waals surface area contributed by atoms with E-state index in [4.69, 9.17) is 0 Å². The van der Waals surface area contributed by atoms with Gasteiger partial charge in [-0.3, -0.25) is 15.6 Å². The van der Waals surface area contributed by atoms with Crippen molar-refractivity contribution in [2.75, 3.05) is 5.32 Å². The summed E-state index contributed by atoms with van der Waals surface area (Å²) in [5.74, 6) is -0.852. The number of hydrazine groups is 1. The van der Waals surface area contributed by atoms with Crippen molar-refractivity contribution in [1.82, 2.24) is 20.8 Å². The zero-order valence-corrected chi connectivity index (χ0v) is 15.9. The first-order valence-corrected chi connectivity index (χ1v) is 9.01. The van der Waals surface area contributed by atoms with E-state index in [9.17, 15) is 31.1 Å². The normalized spacial score (nSPS) is 15.5. The Kier molecular flexibility index (Phi) is 5.83. The van der Waals surface area contributed by atoms with E-state index in [1.54, 1.807) is 11.5 Å². The number of amides is 1. The van der Waals surface area contributed by atoms with E-state index in [1.165, 1.54) is 6.07 Å². The van der Waals surface area contributed by atoms with Gasteiger partial charge >= 0.3 is 12.4 Å². The minimum atomic E-state index is -4.72. The van der Waals surface area contributed by atoms with Crippen LogP contribution in [-0.4, -0.2) is 22.1 Å². The molecule has 0 radical (unpaired) electrons. The molecule has 3 N–H and O–H groups in total. The van der Waals surface area contributed by atoms with E-state index in [-0.39, 0.29) is 11.5 Å². The summed E-state index contributed by atoms with van der Waals surface area (Å²) in [5.41, 5.74) is 0.885. The molecule has 1 aromatic heterocycles. The van der Waals surface area contributed by atoms with Gasteiger partial charge in [0.25, 0.3) is 5.91 Å². The molecule has 0 bridgehead atoms. The van der Waals surface area contributed by atoms with Crippen molar-refractivity contribution in [2.24, 2.45) is 0 Å². The summed E-state index contributed by atoms with van der Waals surface area (Å²) in [5, 5.41) is 3.02. The van der Waals surface area contributed by atoms with Crippen molar-refractivity contribution in [3.8, 4) is 0 Å². The standard InChI is InChI=1S/C19H17F6N5O/c1-11(18(20,21)22)29-30-15(31)12-9-26-16(27-10-12)28-17(6-3-7-17)13-4-2-5-14(8-13)19(23,24)25/h2,4-5,8-10,29H,1,3,6-7H2,(H,30,31)(H,26,27,28). The van der Waals surface area contributed by atoms with Gasteiger partial charge in [0.1, 0.15) is 5.70 Å². The van der Waals surface area contributed by atoms with Crippen molar-refractivity contribution in [2.45, 2.75) is 37.2 Å². The number of benzene rings is 1. The predicted octanol–water partition coefficient (Wildman–Crippen LogP) is 4.30. The van der Waals surface area contributed by atoms with Crippen molar-refractivity contribution in [1.29, 1.82) is 0 Å². The van der Waals surface area contributed by atoms with Crippen LogP contribution in [0.3, 0.4) is 0 Å². The SMILES string of the molecule is C=C(NNC(=O)c1cnc(NC2(c3cccc(C(F)(F)F)c3)CCC2)nc1)C(F)(F)F. The van der Waals surface area contributed by atoms with Crippen molar-refractivity contribution in [3.05, 3.63) is 65.6 Å². The first-order valence-electron chi connectivity index (χ1n) is 9.01. The van der Waals surface area contributed by atoms with Crippen LogP contribution in [0, 0.1) is 0 Å². The number of carbonyl (C=O) groups is 1. The average Bonchev–Trinajstić information content (AvgIpc) is 2.67. The Bertz CT molecular complexity index is 967. The van der Waals surface area contributed by atoms with Crippen LogP contribution in [0.2, 0.25) is 0 Å². The van der Waals surface area contributed by atoms with Crippen LogP contribution in [0.25, 0.3) is 0 Å². The molecule has 0 aliphatic heterocycles. The molecule has 3 rings (SSSR count). The summed E-state index contributed by atoms with van der Waals surface area (Å²) < 4.78 is 76.3. The number of alkyl halides is 6. The highest BCUT2D eigenvalue weighted by molar-refractivity contribution is 5.93. The van der Waals surface area contributed by atoms with E-state index in [0.717, 1.165) is 30.9 Å². The van der Waals surface area contributed by atoms with Crippen LogP contribution in [0.1, 0.15) is 40.7 Å². The van der Waals surface area contributed by atoms with Crippen LogP contribution in [-0.2, 0) is 11.7 Å². The monoisotopic (exact) mass is 445 g/mol. The van der Waals surface area contributed by atoms with Crippen molar-refractivity contribution < 1.29 is 31.1 Å². The molecule has 1 fully saturated rings. The second-order valence-electron chi connectivity index (χ2n) is 6.99. The molecule has 1 aliphatic rings. The molecule has 1 aromatic carbocycles. The molecule has 1 amide bonds. The molecule has 0 spiro atoms. The van der Waals surface area contributed by atoms with Gasteiger partial charge in [0.2, 0.25) is 5.95 Å². The van der Waals surface area contributed by atoms with Crippen LogP contribution >= 0.6 is 0 Å². The van der Waals surface area contributed by atoms with E-state index >= 15 is 0 Å². The fraction of sp³-hybridized carbons (Fsp3) is 0.316. The smallest absolute Gasteiger partial charge is 0.345 e. The Morgan fingerprint density at radius 3 is 2.19 bits per heavy atom. The number of allylic oxidation sites excluding steroid dienone is 1. The lowest BCUT2D eigenvalue weighted by atomic mass is 9.71. The molecule has 0 unspecified atom stereocenters. The summed E-state index contributed by atoms with van der Waals surface area (Å²) in [6.07, 6.45) is -5.12. The quantitative estimate of drug-likeness (QED) is 0.457. The Morgan fingerprint density at radius 1 is 1.03 bits per heavy atom. The molecular weight excluding hydrogens is 428 g/mol. The largest absolute Gasteiger partial charge is 0.432 e. The maximum absolute atomic E-state index is 13.0. The van der Waals surface area contributed by atoms with Gasteiger partial charge in [-0.05, 0) is 37.0 Å². The van der Waals surface area contributed by atoms with E-state index < -0.39 is 35.1 Å². The highest BCUT2D eigenvalue weighted by Crippen LogP contribution is 2.44.